The van der Waals surface area contributed by atoms with Gasteiger partial charge < -0.3 is 9.47 Å². The summed E-state index contributed by atoms with van der Waals surface area (Å²) in [5, 5.41) is 0. The van der Waals surface area contributed by atoms with Gasteiger partial charge in [-0.15, -0.1) is 0 Å². The third-order valence-corrected chi connectivity index (χ3v) is 3.86. The van der Waals surface area contributed by atoms with Gasteiger partial charge >= 0.3 is 0 Å². The van der Waals surface area contributed by atoms with E-state index in [2.05, 4.69) is 42.5 Å². The molecule has 2 heteroatoms. The summed E-state index contributed by atoms with van der Waals surface area (Å²) in [6.45, 7) is 5.31. The molecular weight excluding hydrogens is 296 g/mol. The van der Waals surface area contributed by atoms with Crippen LogP contribution in [0.2, 0.25) is 0 Å². The van der Waals surface area contributed by atoms with Crippen LogP contribution in [-0.4, -0.2) is 13.2 Å². The molecule has 0 aromatic heterocycles. The van der Waals surface area contributed by atoms with Crippen molar-refractivity contribution in [2.24, 2.45) is 0 Å². The van der Waals surface area contributed by atoms with Gasteiger partial charge in [-0.2, -0.15) is 0 Å². The van der Waals surface area contributed by atoms with E-state index in [0.717, 1.165) is 22.6 Å². The van der Waals surface area contributed by atoms with E-state index in [1.54, 1.807) is 0 Å². The molecule has 0 saturated heterocycles. The fraction of sp³-hybridized carbons (Fsp3) is 0.182. The van der Waals surface area contributed by atoms with E-state index in [-0.39, 0.29) is 0 Å². The summed E-state index contributed by atoms with van der Waals surface area (Å²) in [7, 11) is 0. The van der Waals surface area contributed by atoms with Gasteiger partial charge in [-0.3, -0.25) is 0 Å². The summed E-state index contributed by atoms with van der Waals surface area (Å²) in [6, 6.07) is 24.8. The first-order chi connectivity index (χ1) is 11.8. The van der Waals surface area contributed by atoms with E-state index in [1.807, 2.05) is 44.2 Å². The molecule has 122 valence electrons. The summed E-state index contributed by atoms with van der Waals surface area (Å²) in [6.07, 6.45) is 0. The number of hydrogen-bond donors (Lipinski definition) is 0. The Kier molecular flexibility index (Phi) is 5.17. The number of rotatable bonds is 6. The molecule has 0 heterocycles. The molecule has 0 radical (unpaired) electrons. The van der Waals surface area contributed by atoms with Gasteiger partial charge in [-0.05, 0) is 48.7 Å². The smallest absolute Gasteiger partial charge is 0.127 e. The molecule has 3 aromatic carbocycles. The van der Waals surface area contributed by atoms with E-state index in [1.165, 1.54) is 11.1 Å². The Morgan fingerprint density at radius 2 is 1.33 bits per heavy atom. The summed E-state index contributed by atoms with van der Waals surface area (Å²) in [4.78, 5) is 0. The molecule has 0 amide bonds. The highest BCUT2D eigenvalue weighted by Gasteiger charge is 2.13. The number of benzene rings is 3. The standard InChI is InChI=1S/C22H22O2/c1-3-23-19-15-13-18(14-16-19)22-20(17-9-6-5-7-10-17)11-8-12-21(22)24-4-2/h5-16H,3-4H2,1-2H3. The second-order valence-electron chi connectivity index (χ2n) is 5.44. The summed E-state index contributed by atoms with van der Waals surface area (Å²) in [5.74, 6) is 1.79. The molecule has 3 aromatic rings. The van der Waals surface area contributed by atoms with E-state index in [4.69, 9.17) is 9.47 Å². The van der Waals surface area contributed by atoms with E-state index >= 15 is 0 Å². The van der Waals surface area contributed by atoms with Crippen LogP contribution in [0.15, 0.2) is 72.8 Å². The SMILES string of the molecule is CCOc1ccc(-c2c(OCC)cccc2-c2ccccc2)cc1. The first-order valence-electron chi connectivity index (χ1n) is 8.38. The number of hydrogen-bond acceptors (Lipinski definition) is 2. The highest BCUT2D eigenvalue weighted by Crippen LogP contribution is 2.39. The molecule has 24 heavy (non-hydrogen) atoms. The van der Waals surface area contributed by atoms with E-state index < -0.39 is 0 Å². The molecule has 0 aliphatic heterocycles. The second kappa shape index (κ2) is 7.69. The van der Waals surface area contributed by atoms with Crippen molar-refractivity contribution in [1.82, 2.24) is 0 Å². The van der Waals surface area contributed by atoms with Crippen LogP contribution >= 0.6 is 0 Å². The van der Waals surface area contributed by atoms with E-state index in [0.29, 0.717) is 13.2 Å². The van der Waals surface area contributed by atoms with Crippen LogP contribution in [0.4, 0.5) is 0 Å². The predicted octanol–water partition coefficient (Wildman–Crippen LogP) is 5.82. The maximum Gasteiger partial charge on any atom is 0.127 e. The van der Waals surface area contributed by atoms with Crippen LogP contribution in [0.1, 0.15) is 13.8 Å². The maximum atomic E-state index is 5.90. The van der Waals surface area contributed by atoms with Gasteiger partial charge in [0.2, 0.25) is 0 Å². The molecule has 0 bridgehead atoms. The van der Waals surface area contributed by atoms with Crippen LogP contribution in [0.5, 0.6) is 11.5 Å². The highest BCUT2D eigenvalue weighted by molar-refractivity contribution is 5.87. The minimum Gasteiger partial charge on any atom is -0.494 e. The van der Waals surface area contributed by atoms with Crippen LogP contribution in [-0.2, 0) is 0 Å². The van der Waals surface area contributed by atoms with Crippen molar-refractivity contribution in [1.29, 1.82) is 0 Å². The van der Waals surface area contributed by atoms with Gasteiger partial charge in [-0.1, -0.05) is 54.6 Å². The third kappa shape index (κ3) is 3.43. The lowest BCUT2D eigenvalue weighted by Gasteiger charge is -2.16. The minimum atomic E-state index is 0.641. The molecule has 0 N–H and O–H groups in total. The zero-order valence-corrected chi connectivity index (χ0v) is 14.2. The monoisotopic (exact) mass is 318 g/mol. The molecule has 2 nitrogen and oxygen atoms in total. The first-order valence-corrected chi connectivity index (χ1v) is 8.38. The van der Waals surface area contributed by atoms with Gasteiger partial charge in [0.05, 0.1) is 13.2 Å². The molecule has 0 aliphatic rings. The Morgan fingerprint density at radius 3 is 2.00 bits per heavy atom. The quantitative estimate of drug-likeness (QED) is 0.570. The summed E-state index contributed by atoms with van der Waals surface area (Å²) >= 11 is 0. The number of ether oxygens (including phenoxy) is 2. The molecule has 0 saturated carbocycles. The Balaban J connectivity index is 2.13. The van der Waals surface area contributed by atoms with Gasteiger partial charge in [0, 0.05) is 5.56 Å². The van der Waals surface area contributed by atoms with Crippen molar-refractivity contribution in [3.63, 3.8) is 0 Å². The van der Waals surface area contributed by atoms with Gasteiger partial charge in [-0.25, -0.2) is 0 Å². The van der Waals surface area contributed by atoms with Crippen LogP contribution < -0.4 is 9.47 Å². The van der Waals surface area contributed by atoms with Gasteiger partial charge in [0.25, 0.3) is 0 Å². The first kappa shape index (κ1) is 16.1. The van der Waals surface area contributed by atoms with Crippen molar-refractivity contribution in [2.75, 3.05) is 13.2 Å². The van der Waals surface area contributed by atoms with E-state index in [9.17, 15) is 0 Å². The maximum absolute atomic E-state index is 5.90. The Morgan fingerprint density at radius 1 is 0.625 bits per heavy atom. The molecule has 0 atom stereocenters. The minimum absolute atomic E-state index is 0.641. The molecule has 0 spiro atoms. The predicted molar refractivity (Wildman–Crippen MR) is 99.7 cm³/mol. The zero-order valence-electron chi connectivity index (χ0n) is 14.2. The van der Waals surface area contributed by atoms with Crippen molar-refractivity contribution < 1.29 is 9.47 Å². The second-order valence-corrected chi connectivity index (χ2v) is 5.44. The summed E-state index contributed by atoms with van der Waals surface area (Å²) in [5.41, 5.74) is 4.60. The fourth-order valence-corrected chi connectivity index (χ4v) is 2.85. The van der Waals surface area contributed by atoms with Crippen molar-refractivity contribution in [3.05, 3.63) is 72.8 Å². The van der Waals surface area contributed by atoms with Crippen LogP contribution in [0.25, 0.3) is 22.3 Å². The summed E-state index contributed by atoms with van der Waals surface area (Å²) < 4.78 is 11.5. The lowest BCUT2D eigenvalue weighted by molar-refractivity contribution is 0.340. The fourth-order valence-electron chi connectivity index (χ4n) is 2.85. The molecule has 0 aliphatic carbocycles. The Hall–Kier alpha value is -2.74. The normalized spacial score (nSPS) is 10.4. The highest BCUT2D eigenvalue weighted by atomic mass is 16.5. The van der Waals surface area contributed by atoms with Gasteiger partial charge in [0.1, 0.15) is 11.5 Å². The van der Waals surface area contributed by atoms with Crippen LogP contribution in [0.3, 0.4) is 0 Å². The largest absolute Gasteiger partial charge is 0.494 e. The Labute approximate surface area is 143 Å². The van der Waals surface area contributed by atoms with Crippen molar-refractivity contribution in [3.8, 4) is 33.8 Å². The topological polar surface area (TPSA) is 18.5 Å². The third-order valence-electron chi connectivity index (χ3n) is 3.86. The lowest BCUT2D eigenvalue weighted by atomic mass is 9.93. The average Bonchev–Trinajstić information content (AvgIpc) is 2.64. The zero-order chi connectivity index (χ0) is 16.8. The van der Waals surface area contributed by atoms with Crippen molar-refractivity contribution in [2.45, 2.75) is 13.8 Å². The molecule has 3 rings (SSSR count). The lowest BCUT2D eigenvalue weighted by Crippen LogP contribution is -1.96. The Bertz CT molecular complexity index is 777. The molecular formula is C22H22O2. The van der Waals surface area contributed by atoms with Crippen LogP contribution in [0, 0.1) is 0 Å². The average molecular weight is 318 g/mol. The molecule has 0 unspecified atom stereocenters. The molecule has 0 fully saturated rings. The van der Waals surface area contributed by atoms with Crippen molar-refractivity contribution >= 4 is 0 Å². The van der Waals surface area contributed by atoms with Gasteiger partial charge in [0.15, 0.2) is 0 Å².